The van der Waals surface area contributed by atoms with Crippen LogP contribution in [-0.4, -0.2) is 23.7 Å². The molecule has 0 saturated carbocycles. The molecule has 1 rings (SSSR count). The maximum atomic E-state index is 14.1. The number of benzene rings is 1. The van der Waals surface area contributed by atoms with Gasteiger partial charge in [0.15, 0.2) is 0 Å². The van der Waals surface area contributed by atoms with E-state index in [1.54, 1.807) is 13.8 Å². The lowest BCUT2D eigenvalue weighted by atomic mass is 10.1. The van der Waals surface area contributed by atoms with Crippen molar-refractivity contribution in [3.8, 4) is 0 Å². The van der Waals surface area contributed by atoms with E-state index in [0.717, 1.165) is 11.8 Å². The third-order valence-corrected chi connectivity index (χ3v) is 4.90. The standard InChI is InChI=1S/C18H25F2NO3S/c1-6-7-24-18(23)16(10(2)3)25-15-9-14(12(19)8-13(15)20)21-17(22)11(4)5/h8-11,16H,6-7H2,1-5H3,(H,21,22). The van der Waals surface area contributed by atoms with Gasteiger partial charge >= 0.3 is 5.97 Å². The summed E-state index contributed by atoms with van der Waals surface area (Å²) in [6.07, 6.45) is 0.692. The molecule has 1 atom stereocenters. The van der Waals surface area contributed by atoms with Crippen LogP contribution < -0.4 is 5.32 Å². The predicted octanol–water partition coefficient (Wildman–Crippen LogP) is 4.63. The van der Waals surface area contributed by atoms with Crippen molar-refractivity contribution in [3.05, 3.63) is 23.8 Å². The zero-order chi connectivity index (χ0) is 19.1. The van der Waals surface area contributed by atoms with Gasteiger partial charge in [0, 0.05) is 16.9 Å². The first-order valence-electron chi connectivity index (χ1n) is 8.30. The SMILES string of the molecule is CCCOC(=O)C(Sc1cc(NC(=O)C(C)C)c(F)cc1F)C(C)C. The number of anilines is 1. The minimum absolute atomic E-state index is 0.0904. The van der Waals surface area contributed by atoms with Gasteiger partial charge in [-0.05, 0) is 18.4 Å². The van der Waals surface area contributed by atoms with E-state index in [1.807, 2.05) is 20.8 Å². The lowest BCUT2D eigenvalue weighted by Crippen LogP contribution is -2.26. The number of halogens is 2. The number of hydrogen-bond donors (Lipinski definition) is 1. The summed E-state index contributed by atoms with van der Waals surface area (Å²) < 4.78 is 33.2. The van der Waals surface area contributed by atoms with E-state index in [4.69, 9.17) is 4.74 Å². The molecular weight excluding hydrogens is 348 g/mol. The van der Waals surface area contributed by atoms with Gasteiger partial charge in [0.1, 0.15) is 16.9 Å². The molecule has 25 heavy (non-hydrogen) atoms. The maximum Gasteiger partial charge on any atom is 0.319 e. The van der Waals surface area contributed by atoms with Crippen LogP contribution in [0.4, 0.5) is 14.5 Å². The van der Waals surface area contributed by atoms with Crippen LogP contribution in [0.3, 0.4) is 0 Å². The van der Waals surface area contributed by atoms with E-state index in [0.29, 0.717) is 19.1 Å². The number of amides is 1. The van der Waals surface area contributed by atoms with E-state index in [2.05, 4.69) is 5.32 Å². The molecule has 0 aliphatic carbocycles. The summed E-state index contributed by atoms with van der Waals surface area (Å²) in [5.41, 5.74) is -0.105. The van der Waals surface area contributed by atoms with Gasteiger partial charge in [-0.25, -0.2) is 8.78 Å². The van der Waals surface area contributed by atoms with Gasteiger partial charge < -0.3 is 10.1 Å². The summed E-state index contributed by atoms with van der Waals surface area (Å²) in [6.45, 7) is 9.18. The van der Waals surface area contributed by atoms with E-state index in [-0.39, 0.29) is 28.3 Å². The van der Waals surface area contributed by atoms with E-state index in [9.17, 15) is 18.4 Å². The second-order valence-electron chi connectivity index (χ2n) is 6.36. The number of thioether (sulfide) groups is 1. The molecule has 0 aromatic heterocycles. The minimum atomic E-state index is -0.856. The summed E-state index contributed by atoms with van der Waals surface area (Å²) in [5.74, 6) is -2.88. The molecular formula is C18H25F2NO3S. The Labute approximate surface area is 151 Å². The summed E-state index contributed by atoms with van der Waals surface area (Å²) in [7, 11) is 0. The van der Waals surface area contributed by atoms with E-state index in [1.165, 1.54) is 6.07 Å². The quantitative estimate of drug-likeness (QED) is 0.533. The number of esters is 1. The molecule has 0 spiro atoms. The Morgan fingerprint density at radius 2 is 1.80 bits per heavy atom. The molecule has 0 saturated heterocycles. The fraction of sp³-hybridized carbons (Fsp3) is 0.556. The highest BCUT2D eigenvalue weighted by Gasteiger charge is 2.27. The molecule has 0 radical (unpaired) electrons. The molecule has 1 unspecified atom stereocenters. The van der Waals surface area contributed by atoms with Crippen LogP contribution in [0.1, 0.15) is 41.0 Å². The minimum Gasteiger partial charge on any atom is -0.465 e. The molecule has 1 amide bonds. The largest absolute Gasteiger partial charge is 0.465 e. The molecule has 0 heterocycles. The number of hydrogen-bond acceptors (Lipinski definition) is 4. The third-order valence-electron chi connectivity index (χ3n) is 3.34. The Balaban J connectivity index is 3.05. The maximum absolute atomic E-state index is 14.1. The number of nitrogens with one attached hydrogen (secondary N) is 1. The van der Waals surface area contributed by atoms with Crippen LogP contribution in [0.25, 0.3) is 0 Å². The zero-order valence-corrected chi connectivity index (χ0v) is 16.0. The molecule has 1 aromatic rings. The Bertz CT molecular complexity index is 621. The van der Waals surface area contributed by atoms with E-state index < -0.39 is 22.9 Å². The highest BCUT2D eigenvalue weighted by atomic mass is 32.2. The van der Waals surface area contributed by atoms with Crippen molar-refractivity contribution >= 4 is 29.3 Å². The molecule has 0 bridgehead atoms. The van der Waals surface area contributed by atoms with Crippen molar-refractivity contribution in [1.29, 1.82) is 0 Å². The molecule has 0 fully saturated rings. The second kappa shape index (κ2) is 9.75. The van der Waals surface area contributed by atoms with Gasteiger partial charge in [-0.2, -0.15) is 0 Å². The molecule has 140 valence electrons. The van der Waals surface area contributed by atoms with Crippen molar-refractivity contribution in [1.82, 2.24) is 0 Å². The number of carbonyl (C=O) groups excluding carboxylic acids is 2. The number of ether oxygens (including phenoxy) is 1. The normalized spacial score (nSPS) is 12.4. The van der Waals surface area contributed by atoms with Crippen molar-refractivity contribution < 1.29 is 23.1 Å². The summed E-state index contributed by atoms with van der Waals surface area (Å²) >= 11 is 0.973. The highest BCUT2D eigenvalue weighted by Crippen LogP contribution is 2.34. The van der Waals surface area contributed by atoms with Crippen LogP contribution in [0.5, 0.6) is 0 Å². The van der Waals surface area contributed by atoms with Gasteiger partial charge in [-0.15, -0.1) is 11.8 Å². The molecule has 1 aromatic carbocycles. The van der Waals surface area contributed by atoms with Gasteiger partial charge in [0.05, 0.1) is 12.3 Å². The first kappa shape index (κ1) is 21.4. The van der Waals surface area contributed by atoms with Crippen molar-refractivity contribution in [2.45, 2.75) is 51.2 Å². The monoisotopic (exact) mass is 373 g/mol. The first-order chi connectivity index (χ1) is 11.7. The van der Waals surface area contributed by atoms with Gasteiger partial charge in [-0.3, -0.25) is 9.59 Å². The van der Waals surface area contributed by atoms with Crippen LogP contribution in [0.2, 0.25) is 0 Å². The van der Waals surface area contributed by atoms with Gasteiger partial charge in [0.2, 0.25) is 5.91 Å². The molecule has 0 aliphatic rings. The lowest BCUT2D eigenvalue weighted by molar-refractivity contribution is -0.143. The summed E-state index contributed by atoms with van der Waals surface area (Å²) in [5, 5.41) is 1.81. The smallest absolute Gasteiger partial charge is 0.319 e. The zero-order valence-electron chi connectivity index (χ0n) is 15.2. The second-order valence-corrected chi connectivity index (χ2v) is 7.54. The van der Waals surface area contributed by atoms with Crippen LogP contribution >= 0.6 is 11.8 Å². The van der Waals surface area contributed by atoms with Crippen LogP contribution in [0.15, 0.2) is 17.0 Å². The van der Waals surface area contributed by atoms with Gasteiger partial charge in [0.25, 0.3) is 0 Å². The van der Waals surface area contributed by atoms with Crippen molar-refractivity contribution in [3.63, 3.8) is 0 Å². The first-order valence-corrected chi connectivity index (χ1v) is 9.18. The van der Waals surface area contributed by atoms with Crippen LogP contribution in [-0.2, 0) is 14.3 Å². The molecule has 4 nitrogen and oxygen atoms in total. The Morgan fingerprint density at radius 3 is 2.32 bits per heavy atom. The van der Waals surface area contributed by atoms with Crippen LogP contribution in [0, 0.1) is 23.5 Å². The fourth-order valence-electron chi connectivity index (χ4n) is 1.87. The summed E-state index contributed by atoms with van der Waals surface area (Å²) in [4.78, 5) is 24.0. The van der Waals surface area contributed by atoms with Gasteiger partial charge in [-0.1, -0.05) is 34.6 Å². The number of carbonyl (C=O) groups is 2. The molecule has 0 aliphatic heterocycles. The average Bonchev–Trinajstić information content (AvgIpc) is 2.53. The summed E-state index contributed by atoms with van der Waals surface area (Å²) in [6, 6.07) is 1.94. The topological polar surface area (TPSA) is 55.4 Å². The lowest BCUT2D eigenvalue weighted by Gasteiger charge is -2.20. The average molecular weight is 373 g/mol. The Morgan fingerprint density at radius 1 is 1.16 bits per heavy atom. The third kappa shape index (κ3) is 6.30. The fourth-order valence-corrected chi connectivity index (χ4v) is 2.94. The molecule has 7 heteroatoms. The Hall–Kier alpha value is -1.63. The molecule has 1 N–H and O–H groups in total. The highest BCUT2D eigenvalue weighted by molar-refractivity contribution is 8.00. The van der Waals surface area contributed by atoms with Crippen molar-refractivity contribution in [2.24, 2.45) is 11.8 Å². The predicted molar refractivity (Wildman–Crippen MR) is 95.6 cm³/mol. The van der Waals surface area contributed by atoms with E-state index >= 15 is 0 Å². The Kier molecular flexibility index (Phi) is 8.35. The van der Waals surface area contributed by atoms with Crippen molar-refractivity contribution in [2.75, 3.05) is 11.9 Å². The number of rotatable bonds is 8.